The molecule has 1 aromatic rings. The highest BCUT2D eigenvalue weighted by Gasteiger charge is 2.41. The third-order valence-electron chi connectivity index (χ3n) is 3.86. The fraction of sp³-hybridized carbons (Fsp3) is 0.429. The Bertz CT molecular complexity index is 525. The first-order valence-corrected chi connectivity index (χ1v) is 8.90. The molecule has 0 bridgehead atoms. The molecule has 1 aliphatic heterocycles. The van der Waals surface area contributed by atoms with Gasteiger partial charge in [0.2, 0.25) is 0 Å². The van der Waals surface area contributed by atoms with Crippen LogP contribution in [0, 0.1) is 5.92 Å². The molecule has 1 aliphatic carbocycles. The highest BCUT2D eigenvalue weighted by Crippen LogP contribution is 2.43. The number of para-hydroxylation sites is 1. The Hall–Kier alpha value is 0.0300. The first-order valence-electron chi connectivity index (χ1n) is 6.48. The molecule has 1 nitrogen and oxygen atoms in total. The molecule has 0 radical (unpaired) electrons. The van der Waals surface area contributed by atoms with Gasteiger partial charge in [0, 0.05) is 4.47 Å². The van der Waals surface area contributed by atoms with Crippen LogP contribution in [-0.2, 0) is 0 Å². The van der Waals surface area contributed by atoms with Crippen molar-refractivity contribution in [2.75, 3.05) is 4.90 Å². The number of halogens is 1. The van der Waals surface area contributed by atoms with Crippen LogP contribution < -0.4 is 4.90 Å². The molecule has 0 N–H and O–H groups in total. The van der Waals surface area contributed by atoms with Crippen molar-refractivity contribution in [3.05, 3.63) is 28.7 Å². The zero-order valence-electron chi connectivity index (χ0n) is 10.3. The van der Waals surface area contributed by atoms with Crippen LogP contribution in [0.5, 0.6) is 0 Å². The van der Waals surface area contributed by atoms with E-state index in [1.54, 1.807) is 11.8 Å². The summed E-state index contributed by atoms with van der Waals surface area (Å²) in [6.45, 7) is 0. The van der Waals surface area contributed by atoms with Crippen LogP contribution in [0.25, 0.3) is 0 Å². The molecule has 100 valence electrons. The van der Waals surface area contributed by atoms with Gasteiger partial charge in [-0.2, -0.15) is 0 Å². The van der Waals surface area contributed by atoms with Gasteiger partial charge in [-0.25, -0.2) is 0 Å². The summed E-state index contributed by atoms with van der Waals surface area (Å²) in [5, 5.41) is 0. The zero-order valence-corrected chi connectivity index (χ0v) is 14.4. The number of nitrogens with zero attached hydrogens (tertiary/aromatic N) is 1. The predicted octanol–water partition coefficient (Wildman–Crippen LogP) is 5.17. The van der Waals surface area contributed by atoms with Gasteiger partial charge >= 0.3 is 0 Å². The van der Waals surface area contributed by atoms with Crippen molar-refractivity contribution in [1.29, 1.82) is 0 Å². The van der Waals surface area contributed by atoms with E-state index in [-0.39, 0.29) is 0 Å². The lowest BCUT2D eigenvalue weighted by Crippen LogP contribution is -2.39. The van der Waals surface area contributed by atoms with E-state index in [0.29, 0.717) is 12.0 Å². The van der Waals surface area contributed by atoms with Crippen LogP contribution >= 0.6 is 52.1 Å². The van der Waals surface area contributed by atoms with Gasteiger partial charge in [0.25, 0.3) is 0 Å². The third-order valence-corrected chi connectivity index (χ3v) is 6.29. The number of hydrogen-bond donors (Lipinski definition) is 0. The number of thiocarbonyl (C=S) groups is 2. The summed E-state index contributed by atoms with van der Waals surface area (Å²) >= 11 is 16.4. The van der Waals surface area contributed by atoms with Gasteiger partial charge < -0.3 is 4.90 Å². The second kappa shape index (κ2) is 5.80. The molecule has 1 atom stereocenters. The van der Waals surface area contributed by atoms with Crippen molar-refractivity contribution in [3.63, 3.8) is 0 Å². The lowest BCUT2D eigenvalue weighted by Gasteiger charge is -2.30. The maximum Gasteiger partial charge on any atom is 0.146 e. The minimum absolute atomic E-state index is 0.300. The molecular formula is C14H14BrNS3. The van der Waals surface area contributed by atoms with E-state index in [1.807, 2.05) is 6.07 Å². The Morgan fingerprint density at radius 3 is 2.53 bits per heavy atom. The average molecular weight is 372 g/mol. The second-order valence-corrected chi connectivity index (χ2v) is 8.23. The summed E-state index contributed by atoms with van der Waals surface area (Å²) in [5.41, 5.74) is 1.15. The molecule has 1 aromatic carbocycles. The van der Waals surface area contributed by atoms with Gasteiger partial charge in [-0.05, 0) is 46.8 Å². The van der Waals surface area contributed by atoms with Gasteiger partial charge in [-0.15, -0.1) is 0 Å². The van der Waals surface area contributed by atoms with E-state index in [4.69, 9.17) is 24.4 Å². The van der Waals surface area contributed by atoms with Crippen molar-refractivity contribution < 1.29 is 0 Å². The highest BCUT2D eigenvalue weighted by molar-refractivity contribution is 9.10. The molecule has 0 aromatic heterocycles. The Morgan fingerprint density at radius 1 is 1.16 bits per heavy atom. The number of anilines is 1. The van der Waals surface area contributed by atoms with E-state index in [1.165, 1.54) is 25.7 Å². The average Bonchev–Trinajstić information content (AvgIpc) is 2.98. The molecule has 1 heterocycles. The lowest BCUT2D eigenvalue weighted by molar-refractivity contribution is 0.517. The molecule has 3 rings (SSSR count). The summed E-state index contributed by atoms with van der Waals surface area (Å²) in [6.07, 6.45) is 5.19. The van der Waals surface area contributed by atoms with E-state index in [2.05, 4.69) is 39.0 Å². The van der Waals surface area contributed by atoms with Crippen LogP contribution in [0.15, 0.2) is 28.7 Å². The molecule has 0 amide bonds. The fourth-order valence-electron chi connectivity index (χ4n) is 2.99. The molecule has 1 saturated heterocycles. The molecule has 1 unspecified atom stereocenters. The van der Waals surface area contributed by atoms with Crippen molar-refractivity contribution in [1.82, 2.24) is 0 Å². The van der Waals surface area contributed by atoms with Gasteiger partial charge in [0.15, 0.2) is 0 Å². The summed E-state index contributed by atoms with van der Waals surface area (Å²) in [5.74, 6) is 0.660. The molecule has 19 heavy (non-hydrogen) atoms. The van der Waals surface area contributed by atoms with E-state index in [0.717, 1.165) is 18.7 Å². The van der Waals surface area contributed by atoms with Crippen molar-refractivity contribution in [3.8, 4) is 0 Å². The molecular weight excluding hydrogens is 358 g/mol. The van der Waals surface area contributed by atoms with Crippen LogP contribution in [0.2, 0.25) is 0 Å². The zero-order chi connectivity index (χ0) is 13.4. The predicted molar refractivity (Wildman–Crippen MR) is 95.2 cm³/mol. The molecule has 2 fully saturated rings. The Labute approximate surface area is 137 Å². The molecule has 1 saturated carbocycles. The molecule has 2 aliphatic rings. The fourth-order valence-corrected chi connectivity index (χ4v) is 5.54. The first kappa shape index (κ1) is 14.0. The van der Waals surface area contributed by atoms with Crippen LogP contribution in [0.4, 0.5) is 5.69 Å². The largest absolute Gasteiger partial charge is 0.317 e. The number of benzene rings is 1. The van der Waals surface area contributed by atoms with E-state index >= 15 is 0 Å². The van der Waals surface area contributed by atoms with Gasteiger partial charge in [-0.1, -0.05) is 61.2 Å². The maximum atomic E-state index is 5.59. The van der Waals surface area contributed by atoms with E-state index in [9.17, 15) is 0 Å². The summed E-state index contributed by atoms with van der Waals surface area (Å²) in [6, 6.07) is 8.57. The van der Waals surface area contributed by atoms with Crippen molar-refractivity contribution in [2.45, 2.75) is 31.7 Å². The van der Waals surface area contributed by atoms with Crippen LogP contribution in [0.3, 0.4) is 0 Å². The Morgan fingerprint density at radius 2 is 1.84 bits per heavy atom. The second-order valence-electron chi connectivity index (χ2n) is 5.00. The van der Waals surface area contributed by atoms with Crippen LogP contribution in [-0.4, -0.2) is 14.6 Å². The SMILES string of the molecule is S=C1SC(=S)N(c2ccccc2Br)C1C1CCCC1. The Balaban J connectivity index is 1.99. The van der Waals surface area contributed by atoms with Gasteiger partial charge in [0.05, 0.1) is 15.9 Å². The van der Waals surface area contributed by atoms with Crippen molar-refractivity contribution >= 4 is 66.3 Å². The lowest BCUT2D eigenvalue weighted by atomic mass is 9.98. The van der Waals surface area contributed by atoms with Crippen molar-refractivity contribution in [2.24, 2.45) is 5.92 Å². The van der Waals surface area contributed by atoms with E-state index < -0.39 is 0 Å². The quantitative estimate of drug-likeness (QED) is 0.658. The smallest absolute Gasteiger partial charge is 0.146 e. The molecule has 0 spiro atoms. The first-order chi connectivity index (χ1) is 9.18. The Kier molecular flexibility index (Phi) is 4.27. The number of thioether (sulfide) groups is 1. The number of rotatable bonds is 2. The van der Waals surface area contributed by atoms with Gasteiger partial charge in [0.1, 0.15) is 4.32 Å². The maximum absolute atomic E-state index is 5.59. The number of hydrogen-bond acceptors (Lipinski definition) is 3. The van der Waals surface area contributed by atoms with Crippen LogP contribution in [0.1, 0.15) is 25.7 Å². The minimum Gasteiger partial charge on any atom is -0.317 e. The summed E-state index contributed by atoms with van der Waals surface area (Å²) in [7, 11) is 0. The normalized spacial score (nSPS) is 24.5. The van der Waals surface area contributed by atoms with Gasteiger partial charge in [-0.3, -0.25) is 0 Å². The summed E-state index contributed by atoms with van der Waals surface area (Å²) in [4.78, 5) is 2.27. The topological polar surface area (TPSA) is 3.24 Å². The molecule has 5 heteroatoms. The monoisotopic (exact) mass is 371 g/mol. The summed E-state index contributed by atoms with van der Waals surface area (Å²) < 4.78 is 3.03. The standard InChI is InChI=1S/C14H14BrNS3/c15-10-7-3-4-8-11(10)16-12(9-5-1-2-6-9)13(17)19-14(16)18/h3-4,7-9,12H,1-2,5-6H2. The highest BCUT2D eigenvalue weighted by atomic mass is 79.9. The minimum atomic E-state index is 0.300. The third kappa shape index (κ3) is 2.62.